The summed E-state index contributed by atoms with van der Waals surface area (Å²) in [5.41, 5.74) is 3.27. The Bertz CT molecular complexity index is 682. The molecule has 4 nitrogen and oxygen atoms in total. The second kappa shape index (κ2) is 6.73. The molecule has 1 N–H and O–H groups in total. The van der Waals surface area contributed by atoms with Gasteiger partial charge in [0.25, 0.3) is 0 Å². The quantitative estimate of drug-likeness (QED) is 0.919. The molecule has 1 amide bonds. The van der Waals surface area contributed by atoms with Gasteiger partial charge in [0.2, 0.25) is 5.91 Å². The molecule has 1 atom stereocenters. The highest BCUT2D eigenvalue weighted by Gasteiger charge is 2.26. The van der Waals surface area contributed by atoms with Crippen LogP contribution in [0, 0.1) is 0 Å². The van der Waals surface area contributed by atoms with Gasteiger partial charge in [0.05, 0.1) is 13.2 Å². The fraction of sp³-hybridized carbons (Fsp3) is 0.316. The van der Waals surface area contributed by atoms with Gasteiger partial charge in [-0.1, -0.05) is 18.2 Å². The van der Waals surface area contributed by atoms with Crippen molar-refractivity contribution in [1.29, 1.82) is 0 Å². The number of anilines is 2. The van der Waals surface area contributed by atoms with Crippen molar-refractivity contribution in [2.45, 2.75) is 26.3 Å². The van der Waals surface area contributed by atoms with Crippen molar-refractivity contribution < 1.29 is 9.53 Å². The molecule has 1 aliphatic rings. The SMILES string of the molecule is CCOc1ccc(NC(=O)CN2c3ccccc3C[C@@H]2C)cc1. The van der Waals surface area contributed by atoms with E-state index in [1.165, 1.54) is 11.3 Å². The van der Waals surface area contributed by atoms with Crippen molar-refractivity contribution in [1.82, 2.24) is 0 Å². The molecule has 0 aromatic heterocycles. The number of hydrogen-bond donors (Lipinski definition) is 1. The normalized spacial score (nSPS) is 16.1. The van der Waals surface area contributed by atoms with E-state index in [4.69, 9.17) is 4.74 Å². The number of carbonyl (C=O) groups is 1. The summed E-state index contributed by atoms with van der Waals surface area (Å²) in [5.74, 6) is 0.810. The third kappa shape index (κ3) is 3.47. The number of fused-ring (bicyclic) bond motifs is 1. The molecule has 0 saturated heterocycles. The summed E-state index contributed by atoms with van der Waals surface area (Å²) in [7, 11) is 0. The van der Waals surface area contributed by atoms with Gasteiger partial charge < -0.3 is 15.0 Å². The van der Waals surface area contributed by atoms with E-state index in [0.717, 1.165) is 17.9 Å². The lowest BCUT2D eigenvalue weighted by Gasteiger charge is -2.24. The predicted octanol–water partition coefficient (Wildman–Crippen LogP) is 3.48. The maximum atomic E-state index is 12.4. The molecule has 23 heavy (non-hydrogen) atoms. The first kappa shape index (κ1) is 15.4. The first-order chi connectivity index (χ1) is 11.2. The number of rotatable bonds is 5. The lowest BCUT2D eigenvalue weighted by Crippen LogP contribution is -2.37. The van der Waals surface area contributed by atoms with E-state index in [2.05, 4.69) is 35.3 Å². The lowest BCUT2D eigenvalue weighted by molar-refractivity contribution is -0.115. The van der Waals surface area contributed by atoms with Crippen LogP contribution in [0.25, 0.3) is 0 Å². The van der Waals surface area contributed by atoms with E-state index in [9.17, 15) is 4.79 Å². The van der Waals surface area contributed by atoms with E-state index in [-0.39, 0.29) is 5.91 Å². The fourth-order valence-corrected chi connectivity index (χ4v) is 3.03. The van der Waals surface area contributed by atoms with Crippen molar-refractivity contribution in [2.75, 3.05) is 23.4 Å². The highest BCUT2D eigenvalue weighted by atomic mass is 16.5. The van der Waals surface area contributed by atoms with E-state index in [0.29, 0.717) is 19.2 Å². The highest BCUT2D eigenvalue weighted by Crippen LogP contribution is 2.31. The number of ether oxygens (including phenoxy) is 1. The van der Waals surface area contributed by atoms with Crippen molar-refractivity contribution in [2.24, 2.45) is 0 Å². The van der Waals surface area contributed by atoms with Crippen molar-refractivity contribution >= 4 is 17.3 Å². The molecule has 2 aromatic rings. The monoisotopic (exact) mass is 310 g/mol. The third-order valence-corrected chi connectivity index (χ3v) is 4.11. The Morgan fingerprint density at radius 1 is 1.22 bits per heavy atom. The summed E-state index contributed by atoms with van der Waals surface area (Å²) in [4.78, 5) is 14.5. The summed E-state index contributed by atoms with van der Waals surface area (Å²) < 4.78 is 5.41. The smallest absolute Gasteiger partial charge is 0.243 e. The van der Waals surface area contributed by atoms with Crippen molar-refractivity contribution in [3.05, 3.63) is 54.1 Å². The van der Waals surface area contributed by atoms with Crippen molar-refractivity contribution in [3.8, 4) is 5.75 Å². The number of carbonyl (C=O) groups excluding carboxylic acids is 1. The zero-order chi connectivity index (χ0) is 16.2. The van der Waals surface area contributed by atoms with Gasteiger partial charge in [-0.05, 0) is 56.2 Å². The third-order valence-electron chi connectivity index (χ3n) is 4.11. The van der Waals surface area contributed by atoms with Crippen LogP contribution in [0.1, 0.15) is 19.4 Å². The number of amides is 1. The molecule has 0 radical (unpaired) electrons. The molecule has 0 saturated carbocycles. The van der Waals surface area contributed by atoms with Crippen LogP contribution in [0.4, 0.5) is 11.4 Å². The van der Waals surface area contributed by atoms with E-state index in [1.54, 1.807) is 0 Å². The number of para-hydroxylation sites is 1. The molecule has 0 unspecified atom stereocenters. The van der Waals surface area contributed by atoms with Crippen LogP contribution in [0.3, 0.4) is 0 Å². The minimum Gasteiger partial charge on any atom is -0.494 e. The van der Waals surface area contributed by atoms with Gasteiger partial charge in [-0.2, -0.15) is 0 Å². The first-order valence-electron chi connectivity index (χ1n) is 8.04. The second-order valence-corrected chi connectivity index (χ2v) is 5.82. The molecule has 1 heterocycles. The predicted molar refractivity (Wildman–Crippen MR) is 93.2 cm³/mol. The van der Waals surface area contributed by atoms with Gasteiger partial charge in [0.15, 0.2) is 0 Å². The molecule has 120 valence electrons. The number of nitrogens with zero attached hydrogens (tertiary/aromatic N) is 1. The van der Waals surface area contributed by atoms with Crippen LogP contribution in [0.5, 0.6) is 5.75 Å². The minimum atomic E-state index is -0.00212. The topological polar surface area (TPSA) is 41.6 Å². The highest BCUT2D eigenvalue weighted by molar-refractivity contribution is 5.94. The Balaban J connectivity index is 1.63. The molecular formula is C19H22N2O2. The average Bonchev–Trinajstić information content (AvgIpc) is 2.85. The molecule has 1 aliphatic heterocycles. The van der Waals surface area contributed by atoms with Gasteiger partial charge in [0, 0.05) is 17.4 Å². The largest absolute Gasteiger partial charge is 0.494 e. The average molecular weight is 310 g/mol. The zero-order valence-electron chi connectivity index (χ0n) is 13.6. The Morgan fingerprint density at radius 2 is 1.96 bits per heavy atom. The lowest BCUT2D eigenvalue weighted by atomic mass is 10.1. The maximum Gasteiger partial charge on any atom is 0.243 e. The van der Waals surface area contributed by atoms with Gasteiger partial charge in [0.1, 0.15) is 5.75 Å². The fourth-order valence-electron chi connectivity index (χ4n) is 3.03. The molecule has 0 aliphatic carbocycles. The summed E-state index contributed by atoms with van der Waals surface area (Å²) in [6.07, 6.45) is 0.993. The molecular weight excluding hydrogens is 288 g/mol. The summed E-state index contributed by atoms with van der Waals surface area (Å²) >= 11 is 0. The van der Waals surface area contributed by atoms with Crippen LogP contribution in [0.2, 0.25) is 0 Å². The molecule has 0 spiro atoms. The van der Waals surface area contributed by atoms with E-state index >= 15 is 0 Å². The maximum absolute atomic E-state index is 12.4. The van der Waals surface area contributed by atoms with Crippen LogP contribution < -0.4 is 15.0 Å². The van der Waals surface area contributed by atoms with Crippen LogP contribution in [-0.2, 0) is 11.2 Å². The van der Waals surface area contributed by atoms with Crippen molar-refractivity contribution in [3.63, 3.8) is 0 Å². The Kier molecular flexibility index (Phi) is 4.51. The zero-order valence-corrected chi connectivity index (χ0v) is 13.6. The molecule has 0 fully saturated rings. The summed E-state index contributed by atoms with van der Waals surface area (Å²) in [6.45, 7) is 5.11. The number of benzene rings is 2. The summed E-state index contributed by atoms with van der Waals surface area (Å²) in [6, 6.07) is 16.1. The van der Waals surface area contributed by atoms with Gasteiger partial charge in [-0.3, -0.25) is 4.79 Å². The van der Waals surface area contributed by atoms with Gasteiger partial charge >= 0.3 is 0 Å². The van der Waals surface area contributed by atoms with E-state index in [1.807, 2.05) is 37.3 Å². The Morgan fingerprint density at radius 3 is 2.70 bits per heavy atom. The molecule has 2 aromatic carbocycles. The van der Waals surface area contributed by atoms with Crippen LogP contribution >= 0.6 is 0 Å². The van der Waals surface area contributed by atoms with Crippen LogP contribution in [0.15, 0.2) is 48.5 Å². The van der Waals surface area contributed by atoms with Gasteiger partial charge in [-0.25, -0.2) is 0 Å². The first-order valence-corrected chi connectivity index (χ1v) is 8.04. The molecule has 3 rings (SSSR count). The van der Waals surface area contributed by atoms with E-state index < -0.39 is 0 Å². The Labute approximate surface area is 137 Å². The second-order valence-electron chi connectivity index (χ2n) is 5.82. The number of hydrogen-bond acceptors (Lipinski definition) is 3. The molecule has 0 bridgehead atoms. The van der Waals surface area contributed by atoms with Crippen LogP contribution in [-0.4, -0.2) is 25.1 Å². The van der Waals surface area contributed by atoms with Gasteiger partial charge in [-0.15, -0.1) is 0 Å². The standard InChI is InChI=1S/C19H22N2O2/c1-3-23-17-10-8-16(9-11-17)20-19(22)13-21-14(2)12-15-6-4-5-7-18(15)21/h4-11,14H,3,12-13H2,1-2H3,(H,20,22)/t14-/m0/s1. The summed E-state index contributed by atoms with van der Waals surface area (Å²) in [5, 5.41) is 2.95. The number of nitrogens with one attached hydrogen (secondary N) is 1. The minimum absolute atomic E-state index is 0.00212. The molecule has 4 heteroatoms. The Hall–Kier alpha value is -2.49.